The zero-order valence-electron chi connectivity index (χ0n) is 15.4. The lowest BCUT2D eigenvalue weighted by molar-refractivity contribution is -0.162. The predicted octanol–water partition coefficient (Wildman–Crippen LogP) is 4.00. The Kier molecular flexibility index (Phi) is 6.14. The third-order valence-corrected chi connectivity index (χ3v) is 4.32. The third-order valence-electron chi connectivity index (χ3n) is 4.32. The summed E-state index contributed by atoms with van der Waals surface area (Å²) in [6.07, 6.45) is 2.89. The Balaban J connectivity index is 2.56. The molecule has 1 aliphatic heterocycles. The highest BCUT2D eigenvalue weighted by molar-refractivity contribution is 6.18. The minimum absolute atomic E-state index is 0.0999. The Bertz CT molecular complexity index is 642. The van der Waals surface area contributed by atoms with Gasteiger partial charge >= 0.3 is 11.9 Å². The topological polar surface area (TPSA) is 41.9 Å². The van der Waals surface area contributed by atoms with E-state index in [0.717, 1.165) is 24.8 Å². The quantitative estimate of drug-likeness (QED) is 0.594. The van der Waals surface area contributed by atoms with Crippen LogP contribution in [0.1, 0.15) is 48.4 Å². The fraction of sp³-hybridized carbons (Fsp3) is 0.579. The Morgan fingerprint density at radius 1 is 1.16 bits per heavy atom. The number of esters is 1. The van der Waals surface area contributed by atoms with Gasteiger partial charge in [-0.25, -0.2) is 4.79 Å². The van der Waals surface area contributed by atoms with Gasteiger partial charge in [-0.05, 0) is 58.1 Å². The number of halogens is 2. The molecule has 1 fully saturated rings. The zero-order valence-corrected chi connectivity index (χ0v) is 15.4. The van der Waals surface area contributed by atoms with E-state index < -0.39 is 17.6 Å². The molecule has 4 nitrogen and oxygen atoms in total. The summed E-state index contributed by atoms with van der Waals surface area (Å²) < 4.78 is 34.5. The molecule has 0 amide bonds. The van der Waals surface area contributed by atoms with E-state index in [1.807, 2.05) is 19.1 Å². The first-order valence-electron chi connectivity index (χ1n) is 8.74. The van der Waals surface area contributed by atoms with Crippen LogP contribution in [0.15, 0.2) is 17.2 Å². The van der Waals surface area contributed by atoms with Crippen molar-refractivity contribution in [1.82, 2.24) is 5.01 Å². The average Bonchev–Trinajstić information content (AvgIpc) is 2.54. The fourth-order valence-corrected chi connectivity index (χ4v) is 3.26. The van der Waals surface area contributed by atoms with Crippen molar-refractivity contribution in [2.24, 2.45) is 5.10 Å². The molecular formula is C19H26F2N2O2. The van der Waals surface area contributed by atoms with Crippen LogP contribution in [0.5, 0.6) is 0 Å². The van der Waals surface area contributed by atoms with Crippen molar-refractivity contribution in [1.29, 1.82) is 0 Å². The lowest BCUT2D eigenvalue weighted by atomic mass is 9.93. The second-order valence-corrected chi connectivity index (χ2v) is 6.53. The van der Waals surface area contributed by atoms with Crippen molar-refractivity contribution in [3.8, 4) is 0 Å². The molecule has 1 aliphatic rings. The van der Waals surface area contributed by atoms with Crippen LogP contribution in [0.4, 0.5) is 8.78 Å². The van der Waals surface area contributed by atoms with Gasteiger partial charge in [0.15, 0.2) is 0 Å². The van der Waals surface area contributed by atoms with Gasteiger partial charge in [0.25, 0.3) is 0 Å². The summed E-state index contributed by atoms with van der Waals surface area (Å²) >= 11 is 0. The Morgan fingerprint density at radius 3 is 2.24 bits per heavy atom. The van der Waals surface area contributed by atoms with Crippen LogP contribution in [0.3, 0.4) is 0 Å². The van der Waals surface area contributed by atoms with E-state index in [1.54, 1.807) is 18.9 Å². The van der Waals surface area contributed by atoms with Crippen LogP contribution in [0.25, 0.3) is 0 Å². The molecule has 0 spiro atoms. The summed E-state index contributed by atoms with van der Waals surface area (Å²) in [6, 6.07) is 3.66. The summed E-state index contributed by atoms with van der Waals surface area (Å²) in [4.78, 5) is 11.9. The largest absolute Gasteiger partial charge is 0.461 e. The van der Waals surface area contributed by atoms with Gasteiger partial charge in [0, 0.05) is 18.7 Å². The summed E-state index contributed by atoms with van der Waals surface area (Å²) in [6.45, 7) is 8.09. The van der Waals surface area contributed by atoms with Gasteiger partial charge in [0.2, 0.25) is 0 Å². The minimum atomic E-state index is -3.79. The molecule has 6 heteroatoms. The molecule has 1 saturated heterocycles. The number of carbonyl (C=O) groups is 1. The Hall–Kier alpha value is -1.98. The van der Waals surface area contributed by atoms with Crippen LogP contribution in [-0.4, -0.2) is 42.3 Å². The van der Waals surface area contributed by atoms with Crippen LogP contribution in [-0.2, 0) is 9.53 Å². The molecule has 25 heavy (non-hydrogen) atoms. The molecule has 0 aliphatic carbocycles. The first kappa shape index (κ1) is 19.3. The van der Waals surface area contributed by atoms with Crippen molar-refractivity contribution >= 4 is 11.7 Å². The zero-order chi connectivity index (χ0) is 18.6. The highest BCUT2D eigenvalue weighted by atomic mass is 19.3. The van der Waals surface area contributed by atoms with Gasteiger partial charge < -0.3 is 4.74 Å². The monoisotopic (exact) mass is 352 g/mol. The Morgan fingerprint density at radius 2 is 1.72 bits per heavy atom. The molecular weight excluding hydrogens is 326 g/mol. The highest BCUT2D eigenvalue weighted by Crippen LogP contribution is 2.29. The fourth-order valence-electron chi connectivity index (χ4n) is 3.26. The molecule has 0 N–H and O–H groups in total. The number of nitrogens with zero attached hydrogens (tertiary/aromatic N) is 2. The van der Waals surface area contributed by atoms with Crippen molar-refractivity contribution in [2.75, 3.05) is 19.7 Å². The molecule has 0 bridgehead atoms. The lowest BCUT2D eigenvalue weighted by Crippen LogP contribution is -2.42. The van der Waals surface area contributed by atoms with Gasteiger partial charge in [-0.1, -0.05) is 17.7 Å². The second kappa shape index (κ2) is 7.93. The number of hydrazone groups is 1. The van der Waals surface area contributed by atoms with E-state index in [4.69, 9.17) is 0 Å². The number of carbonyl (C=O) groups excluding carboxylic acids is 1. The molecule has 0 unspecified atom stereocenters. The highest BCUT2D eigenvalue weighted by Gasteiger charge is 2.48. The first-order valence-corrected chi connectivity index (χ1v) is 8.74. The third kappa shape index (κ3) is 4.35. The molecule has 0 saturated carbocycles. The Labute approximate surface area is 147 Å². The SMILES string of the molecule is CCOC(=O)C(F)(F)/C(=N\N1CCCCC1)c1c(C)cc(C)cc1C. The van der Waals surface area contributed by atoms with Crippen LogP contribution >= 0.6 is 0 Å². The van der Waals surface area contributed by atoms with Gasteiger partial charge in [-0.15, -0.1) is 0 Å². The maximum absolute atomic E-state index is 14.9. The van der Waals surface area contributed by atoms with Crippen LogP contribution < -0.4 is 0 Å². The summed E-state index contributed by atoms with van der Waals surface area (Å²) in [5.41, 5.74) is 2.15. The first-order chi connectivity index (χ1) is 11.8. The molecule has 1 heterocycles. The smallest absolute Gasteiger partial charge is 0.386 e. The maximum Gasteiger partial charge on any atom is 0.386 e. The molecule has 0 atom stereocenters. The second-order valence-electron chi connectivity index (χ2n) is 6.53. The molecule has 1 aromatic rings. The molecule has 2 rings (SSSR count). The number of benzene rings is 1. The number of hydrogen-bond donors (Lipinski definition) is 0. The molecule has 138 valence electrons. The molecule has 0 radical (unpaired) electrons. The van der Waals surface area contributed by atoms with Crippen molar-refractivity contribution in [2.45, 2.75) is 52.9 Å². The maximum atomic E-state index is 14.9. The van der Waals surface area contributed by atoms with Crippen molar-refractivity contribution in [3.05, 3.63) is 34.4 Å². The number of rotatable bonds is 5. The molecule has 1 aromatic carbocycles. The van der Waals surface area contributed by atoms with Crippen LogP contribution in [0.2, 0.25) is 0 Å². The van der Waals surface area contributed by atoms with Crippen molar-refractivity contribution < 1.29 is 18.3 Å². The number of ether oxygens (including phenoxy) is 1. The number of hydrogen-bond acceptors (Lipinski definition) is 4. The van der Waals surface area contributed by atoms with Crippen LogP contribution in [0, 0.1) is 20.8 Å². The summed E-state index contributed by atoms with van der Waals surface area (Å²) in [7, 11) is 0. The lowest BCUT2D eigenvalue weighted by Gasteiger charge is -2.27. The van der Waals surface area contributed by atoms with Crippen molar-refractivity contribution in [3.63, 3.8) is 0 Å². The predicted molar refractivity (Wildman–Crippen MR) is 94.2 cm³/mol. The van der Waals surface area contributed by atoms with E-state index in [-0.39, 0.29) is 6.61 Å². The average molecular weight is 352 g/mol. The van der Waals surface area contributed by atoms with E-state index in [0.29, 0.717) is 29.8 Å². The van der Waals surface area contributed by atoms with Gasteiger partial charge in [0.05, 0.1) is 6.61 Å². The number of aryl methyl sites for hydroxylation is 3. The van der Waals surface area contributed by atoms with Gasteiger partial charge in [-0.2, -0.15) is 13.9 Å². The normalized spacial score (nSPS) is 16.1. The minimum Gasteiger partial charge on any atom is -0.461 e. The van der Waals surface area contributed by atoms with E-state index in [9.17, 15) is 13.6 Å². The summed E-state index contributed by atoms with van der Waals surface area (Å²) in [5.74, 6) is -5.34. The van der Waals surface area contributed by atoms with Gasteiger partial charge in [-0.3, -0.25) is 5.01 Å². The standard InChI is InChI=1S/C19H26F2N2O2/c1-5-25-18(24)19(20,21)17(22-23-9-7-6-8-10-23)16-14(3)11-13(2)12-15(16)4/h11-12H,5-10H2,1-4H3/b22-17-. The van der Waals surface area contributed by atoms with E-state index in [2.05, 4.69) is 9.84 Å². The number of piperidine rings is 1. The van der Waals surface area contributed by atoms with E-state index >= 15 is 0 Å². The van der Waals surface area contributed by atoms with Gasteiger partial charge in [0.1, 0.15) is 5.71 Å². The van der Waals surface area contributed by atoms with E-state index in [1.165, 1.54) is 6.92 Å². The molecule has 0 aromatic heterocycles. The summed E-state index contributed by atoms with van der Waals surface area (Å²) in [5, 5.41) is 5.87. The number of alkyl halides is 2.